The Morgan fingerprint density at radius 3 is 2.38 bits per heavy atom. The lowest BCUT2D eigenvalue weighted by atomic mass is 10.0. The van der Waals surface area contributed by atoms with Gasteiger partial charge in [0.25, 0.3) is 0 Å². The number of nitrogens with one attached hydrogen (secondary N) is 1. The average molecular weight is 436 g/mol. The van der Waals surface area contributed by atoms with Gasteiger partial charge in [0.05, 0.1) is 5.56 Å². The summed E-state index contributed by atoms with van der Waals surface area (Å²) in [6.45, 7) is 0.294. The van der Waals surface area contributed by atoms with Gasteiger partial charge >= 0.3 is 6.18 Å². The van der Waals surface area contributed by atoms with Gasteiger partial charge < -0.3 is 4.74 Å². The van der Waals surface area contributed by atoms with Gasteiger partial charge in [-0.15, -0.1) is 10.2 Å². The zero-order chi connectivity index (χ0) is 22.4. The van der Waals surface area contributed by atoms with Crippen molar-refractivity contribution < 1.29 is 17.9 Å². The first kappa shape index (κ1) is 21.3. The van der Waals surface area contributed by atoms with E-state index in [2.05, 4.69) is 26.7 Å². The fourth-order valence-corrected chi connectivity index (χ4v) is 3.18. The normalized spacial score (nSPS) is 11.7. The predicted molar refractivity (Wildman–Crippen MR) is 115 cm³/mol. The molecular weight excluding hydrogens is 417 g/mol. The molecule has 8 heteroatoms. The second-order valence-corrected chi connectivity index (χ2v) is 7.07. The number of hydrogen-bond acceptors (Lipinski definition) is 4. The molecule has 0 atom stereocenters. The van der Waals surface area contributed by atoms with Crippen LogP contribution in [0, 0.1) is 0 Å². The number of ether oxygens (including phenoxy) is 1. The molecule has 5 nitrogen and oxygen atoms in total. The number of halogens is 3. The smallest absolute Gasteiger partial charge is 0.416 e. The van der Waals surface area contributed by atoms with Crippen LogP contribution >= 0.6 is 0 Å². The number of nitrogens with zero attached hydrogens (tertiary/aromatic N) is 3. The number of hydrogen-bond donors (Lipinski definition) is 1. The van der Waals surface area contributed by atoms with Crippen molar-refractivity contribution in [1.82, 2.24) is 20.6 Å². The second-order valence-electron chi connectivity index (χ2n) is 7.07. The Morgan fingerprint density at radius 2 is 1.66 bits per heavy atom. The van der Waals surface area contributed by atoms with Crippen LogP contribution in [0.5, 0.6) is 5.75 Å². The maximum absolute atomic E-state index is 12.6. The van der Waals surface area contributed by atoms with E-state index < -0.39 is 11.7 Å². The molecule has 0 bridgehead atoms. The number of rotatable bonds is 7. The van der Waals surface area contributed by atoms with Crippen LogP contribution in [-0.2, 0) is 12.6 Å². The molecule has 0 fully saturated rings. The highest BCUT2D eigenvalue weighted by Crippen LogP contribution is 2.29. The van der Waals surface area contributed by atoms with Crippen molar-refractivity contribution in [3.8, 4) is 16.9 Å². The summed E-state index contributed by atoms with van der Waals surface area (Å²) in [7, 11) is 0. The Labute approximate surface area is 182 Å². The van der Waals surface area contributed by atoms with E-state index in [1.807, 2.05) is 42.5 Å². The molecule has 32 heavy (non-hydrogen) atoms. The fourth-order valence-electron chi connectivity index (χ4n) is 3.18. The Kier molecular flexibility index (Phi) is 6.30. The Bertz CT molecular complexity index is 1190. The van der Waals surface area contributed by atoms with Gasteiger partial charge in [0.2, 0.25) is 0 Å². The molecule has 0 spiro atoms. The number of alkyl halides is 3. The third-order valence-electron chi connectivity index (χ3n) is 4.74. The van der Waals surface area contributed by atoms with Crippen molar-refractivity contribution in [3.05, 3.63) is 101 Å². The number of aromatic amines is 1. The summed E-state index contributed by atoms with van der Waals surface area (Å²) < 4.78 is 43.7. The number of H-pyrrole nitrogens is 1. The van der Waals surface area contributed by atoms with E-state index in [0.717, 1.165) is 28.8 Å². The van der Waals surface area contributed by atoms with Crippen LogP contribution in [-0.4, -0.2) is 27.2 Å². The number of benzene rings is 3. The molecule has 0 saturated carbocycles. The quantitative estimate of drug-likeness (QED) is 0.412. The monoisotopic (exact) mass is 436 g/mol. The molecule has 0 radical (unpaired) electrons. The Hall–Kier alpha value is -3.94. The van der Waals surface area contributed by atoms with Crippen LogP contribution in [0.1, 0.15) is 22.5 Å². The van der Waals surface area contributed by atoms with Gasteiger partial charge in [-0.05, 0) is 52.6 Å². The molecular formula is C24H19F3N4O. The largest absolute Gasteiger partial charge is 0.490 e. The third kappa shape index (κ3) is 5.60. The highest BCUT2D eigenvalue weighted by Gasteiger charge is 2.29. The van der Waals surface area contributed by atoms with Gasteiger partial charge in [0, 0.05) is 6.42 Å². The van der Waals surface area contributed by atoms with Crippen LogP contribution < -0.4 is 4.74 Å². The van der Waals surface area contributed by atoms with Gasteiger partial charge in [-0.25, -0.2) is 0 Å². The first-order valence-corrected chi connectivity index (χ1v) is 9.86. The second kappa shape index (κ2) is 9.47. The molecule has 4 aromatic rings. The molecule has 0 aliphatic carbocycles. The molecule has 0 aliphatic rings. The highest BCUT2D eigenvalue weighted by molar-refractivity contribution is 5.66. The van der Waals surface area contributed by atoms with Gasteiger partial charge in [0.1, 0.15) is 12.4 Å². The molecule has 0 aliphatic heterocycles. The van der Waals surface area contributed by atoms with E-state index in [0.29, 0.717) is 30.2 Å². The molecule has 4 rings (SSSR count). The van der Waals surface area contributed by atoms with Crippen molar-refractivity contribution in [2.75, 3.05) is 6.61 Å². The number of aromatic nitrogens is 4. The van der Waals surface area contributed by atoms with Gasteiger partial charge in [-0.1, -0.05) is 59.8 Å². The van der Waals surface area contributed by atoms with Crippen LogP contribution in [0.15, 0.2) is 78.9 Å². The first-order valence-electron chi connectivity index (χ1n) is 9.86. The fraction of sp³-hybridized carbons (Fsp3) is 0.125. The lowest BCUT2D eigenvalue weighted by Gasteiger charge is -2.08. The van der Waals surface area contributed by atoms with Crippen molar-refractivity contribution in [2.45, 2.75) is 12.6 Å². The van der Waals surface area contributed by atoms with Gasteiger partial charge in [0.15, 0.2) is 5.82 Å². The maximum Gasteiger partial charge on any atom is 0.416 e. The lowest BCUT2D eigenvalue weighted by molar-refractivity contribution is -0.137. The van der Waals surface area contributed by atoms with Crippen molar-refractivity contribution in [1.29, 1.82) is 0 Å². The minimum atomic E-state index is -4.33. The van der Waals surface area contributed by atoms with E-state index in [1.165, 1.54) is 12.1 Å². The van der Waals surface area contributed by atoms with Crippen molar-refractivity contribution in [2.24, 2.45) is 0 Å². The van der Waals surface area contributed by atoms with E-state index in [-0.39, 0.29) is 0 Å². The highest BCUT2D eigenvalue weighted by atomic mass is 19.4. The van der Waals surface area contributed by atoms with Crippen molar-refractivity contribution in [3.63, 3.8) is 0 Å². The molecule has 0 amide bonds. The molecule has 1 heterocycles. The summed E-state index contributed by atoms with van der Waals surface area (Å²) in [5.74, 6) is 1.32. The molecule has 1 aromatic heterocycles. The molecule has 3 aromatic carbocycles. The van der Waals surface area contributed by atoms with E-state index in [4.69, 9.17) is 4.74 Å². The third-order valence-corrected chi connectivity index (χ3v) is 4.74. The van der Waals surface area contributed by atoms with E-state index in [1.54, 1.807) is 12.2 Å². The van der Waals surface area contributed by atoms with Crippen LogP contribution in [0.4, 0.5) is 13.2 Å². The Balaban J connectivity index is 1.38. The summed E-state index contributed by atoms with van der Waals surface area (Å²) in [4.78, 5) is 0. The van der Waals surface area contributed by atoms with E-state index >= 15 is 0 Å². The summed E-state index contributed by atoms with van der Waals surface area (Å²) >= 11 is 0. The minimum Gasteiger partial charge on any atom is -0.490 e. The number of tetrazole rings is 1. The minimum absolute atomic E-state index is 0.294. The van der Waals surface area contributed by atoms with Crippen LogP contribution in [0.25, 0.3) is 17.2 Å². The zero-order valence-corrected chi connectivity index (χ0v) is 16.9. The molecule has 0 unspecified atom stereocenters. The SMILES string of the molecule is FC(F)(F)c1ccc(C=CCOc2cccc(-c3cccc(Cc4nn[nH]n4)c3)c2)cc1. The maximum atomic E-state index is 12.6. The molecule has 162 valence electrons. The summed E-state index contributed by atoms with van der Waals surface area (Å²) in [6.07, 6.45) is -0.260. The van der Waals surface area contributed by atoms with Crippen LogP contribution in [0.2, 0.25) is 0 Å². The van der Waals surface area contributed by atoms with Crippen molar-refractivity contribution >= 4 is 6.08 Å². The topological polar surface area (TPSA) is 63.7 Å². The standard InChI is InChI=1S/C24H19F3N4O/c25-24(26,27)21-11-9-17(10-12-21)5-3-13-32-22-8-2-7-20(16-22)19-6-1-4-18(14-19)15-23-28-30-31-29-23/h1-12,14,16H,13,15H2,(H,28,29,30,31). The molecule has 1 N–H and O–H groups in total. The predicted octanol–water partition coefficient (Wildman–Crippen LogP) is 5.57. The summed E-state index contributed by atoms with van der Waals surface area (Å²) in [5.41, 5.74) is 3.12. The van der Waals surface area contributed by atoms with Crippen LogP contribution in [0.3, 0.4) is 0 Å². The molecule has 0 saturated heterocycles. The Morgan fingerprint density at radius 1 is 0.906 bits per heavy atom. The first-order chi connectivity index (χ1) is 15.5. The summed E-state index contributed by atoms with van der Waals surface area (Å²) in [6, 6.07) is 20.8. The summed E-state index contributed by atoms with van der Waals surface area (Å²) in [5, 5.41) is 14.0. The average Bonchev–Trinajstić information content (AvgIpc) is 3.30. The lowest BCUT2D eigenvalue weighted by Crippen LogP contribution is -2.03. The van der Waals surface area contributed by atoms with E-state index in [9.17, 15) is 13.2 Å². The zero-order valence-electron chi connectivity index (χ0n) is 16.9. The van der Waals surface area contributed by atoms with Gasteiger partial charge in [-0.2, -0.15) is 18.4 Å². The van der Waals surface area contributed by atoms with Gasteiger partial charge in [-0.3, -0.25) is 0 Å².